The minimum atomic E-state index is -0.278. The molecule has 4 aromatic rings. The second-order valence-electron chi connectivity index (χ2n) is 8.44. The van der Waals surface area contributed by atoms with Crippen LogP contribution in [0.3, 0.4) is 0 Å². The summed E-state index contributed by atoms with van der Waals surface area (Å²) in [6.45, 7) is 2.11. The van der Waals surface area contributed by atoms with Crippen LogP contribution in [0.25, 0.3) is 11.0 Å². The van der Waals surface area contributed by atoms with E-state index in [0.29, 0.717) is 32.7 Å². The van der Waals surface area contributed by atoms with Gasteiger partial charge in [-0.1, -0.05) is 30.3 Å². The number of aromatic nitrogens is 2. The first-order valence-corrected chi connectivity index (χ1v) is 11.3. The van der Waals surface area contributed by atoms with Crippen molar-refractivity contribution in [3.63, 3.8) is 0 Å². The first-order chi connectivity index (χ1) is 16.6. The SMILES string of the molecule is COc1cccc(OCCn2c([C@H]3CC(=O)N(Cc4ccc(F)cc4)C3)nc3ccccc32)c1. The van der Waals surface area contributed by atoms with E-state index in [2.05, 4.69) is 4.57 Å². The molecule has 1 fully saturated rings. The lowest BCUT2D eigenvalue weighted by Crippen LogP contribution is -2.24. The fourth-order valence-corrected chi connectivity index (χ4v) is 4.49. The van der Waals surface area contributed by atoms with E-state index in [4.69, 9.17) is 14.5 Å². The minimum absolute atomic E-state index is 0.0165. The van der Waals surface area contributed by atoms with E-state index >= 15 is 0 Å². The third-order valence-electron chi connectivity index (χ3n) is 6.18. The Hall–Kier alpha value is -3.87. The first kappa shape index (κ1) is 21.9. The molecule has 0 bridgehead atoms. The van der Waals surface area contributed by atoms with Gasteiger partial charge in [-0.05, 0) is 42.0 Å². The summed E-state index contributed by atoms with van der Waals surface area (Å²) in [6, 6.07) is 21.8. The van der Waals surface area contributed by atoms with Crippen LogP contribution in [0.1, 0.15) is 23.7 Å². The monoisotopic (exact) mass is 459 g/mol. The number of hydrogen-bond donors (Lipinski definition) is 0. The fourth-order valence-electron chi connectivity index (χ4n) is 4.49. The molecule has 2 heterocycles. The molecule has 0 unspecified atom stereocenters. The summed E-state index contributed by atoms with van der Waals surface area (Å²) >= 11 is 0. The van der Waals surface area contributed by atoms with Gasteiger partial charge in [0.25, 0.3) is 0 Å². The first-order valence-electron chi connectivity index (χ1n) is 11.3. The van der Waals surface area contributed by atoms with Crippen molar-refractivity contribution >= 4 is 16.9 Å². The molecule has 1 saturated heterocycles. The lowest BCUT2D eigenvalue weighted by atomic mass is 10.1. The number of likely N-dealkylation sites (tertiary alicyclic amines) is 1. The lowest BCUT2D eigenvalue weighted by molar-refractivity contribution is -0.128. The number of amides is 1. The van der Waals surface area contributed by atoms with Crippen LogP contribution < -0.4 is 9.47 Å². The zero-order valence-electron chi connectivity index (χ0n) is 19.0. The van der Waals surface area contributed by atoms with Crippen LogP contribution in [-0.2, 0) is 17.9 Å². The molecule has 0 spiro atoms. The zero-order chi connectivity index (χ0) is 23.5. The van der Waals surface area contributed by atoms with E-state index < -0.39 is 0 Å². The molecule has 34 heavy (non-hydrogen) atoms. The van der Waals surface area contributed by atoms with Crippen LogP contribution >= 0.6 is 0 Å². The summed E-state index contributed by atoms with van der Waals surface area (Å²) in [4.78, 5) is 19.5. The number of nitrogens with zero attached hydrogens (tertiary/aromatic N) is 3. The minimum Gasteiger partial charge on any atom is -0.497 e. The van der Waals surface area contributed by atoms with Crippen LogP contribution in [0.5, 0.6) is 11.5 Å². The molecule has 0 saturated carbocycles. The van der Waals surface area contributed by atoms with Crippen molar-refractivity contribution in [2.45, 2.75) is 25.4 Å². The second-order valence-corrected chi connectivity index (χ2v) is 8.44. The van der Waals surface area contributed by atoms with E-state index in [-0.39, 0.29) is 17.6 Å². The Morgan fingerprint density at radius 1 is 1.03 bits per heavy atom. The number of hydrogen-bond acceptors (Lipinski definition) is 4. The molecule has 0 N–H and O–H groups in total. The highest BCUT2D eigenvalue weighted by Crippen LogP contribution is 2.31. The van der Waals surface area contributed by atoms with Gasteiger partial charge >= 0.3 is 0 Å². The van der Waals surface area contributed by atoms with Gasteiger partial charge in [0.15, 0.2) is 0 Å². The molecule has 174 valence electrons. The third-order valence-corrected chi connectivity index (χ3v) is 6.18. The maximum absolute atomic E-state index is 13.2. The predicted octanol–water partition coefficient (Wildman–Crippen LogP) is 4.78. The number of methoxy groups -OCH3 is 1. The standard InChI is InChI=1S/C27H26FN3O3/c1-33-22-5-4-6-23(16-22)34-14-13-31-25-8-3-2-7-24(25)29-27(31)20-15-26(32)30(18-20)17-19-9-11-21(28)12-10-19/h2-12,16,20H,13-15,17-18H2,1H3/t20-/m0/s1. The maximum atomic E-state index is 13.2. The molecule has 6 nitrogen and oxygen atoms in total. The van der Waals surface area contributed by atoms with E-state index in [1.54, 1.807) is 19.2 Å². The quantitative estimate of drug-likeness (QED) is 0.381. The number of ether oxygens (including phenoxy) is 2. The number of fused-ring (bicyclic) bond motifs is 1. The molecule has 7 heteroatoms. The Morgan fingerprint density at radius 3 is 2.65 bits per heavy atom. The van der Waals surface area contributed by atoms with E-state index in [0.717, 1.165) is 33.9 Å². The second kappa shape index (κ2) is 9.55. The van der Waals surface area contributed by atoms with Crippen LogP contribution in [0.2, 0.25) is 0 Å². The van der Waals surface area contributed by atoms with Crippen molar-refractivity contribution in [2.24, 2.45) is 0 Å². The van der Waals surface area contributed by atoms with E-state index in [1.165, 1.54) is 12.1 Å². The summed E-state index contributed by atoms with van der Waals surface area (Å²) in [5.74, 6) is 2.17. The van der Waals surface area contributed by atoms with Crippen LogP contribution in [0, 0.1) is 5.82 Å². The van der Waals surface area contributed by atoms with Crippen molar-refractivity contribution in [2.75, 3.05) is 20.3 Å². The molecular weight excluding hydrogens is 433 g/mol. The average Bonchev–Trinajstić information content (AvgIpc) is 3.41. The summed E-state index contributed by atoms with van der Waals surface area (Å²) in [5, 5.41) is 0. The van der Waals surface area contributed by atoms with Gasteiger partial charge in [0.2, 0.25) is 5.91 Å². The number of carbonyl (C=O) groups excluding carboxylic acids is 1. The fraction of sp³-hybridized carbons (Fsp3) is 0.259. The topological polar surface area (TPSA) is 56.6 Å². The number of imidazole rings is 1. The summed E-state index contributed by atoms with van der Waals surface area (Å²) in [5.41, 5.74) is 2.84. The van der Waals surface area contributed by atoms with Gasteiger partial charge in [-0.2, -0.15) is 0 Å². The Balaban J connectivity index is 1.34. The van der Waals surface area contributed by atoms with Crippen LogP contribution in [-0.4, -0.2) is 40.6 Å². The van der Waals surface area contributed by atoms with Crippen molar-refractivity contribution in [1.82, 2.24) is 14.5 Å². The van der Waals surface area contributed by atoms with Gasteiger partial charge in [-0.15, -0.1) is 0 Å². The Morgan fingerprint density at radius 2 is 1.82 bits per heavy atom. The number of para-hydroxylation sites is 2. The summed E-state index contributed by atoms with van der Waals surface area (Å²) in [7, 11) is 1.63. The highest BCUT2D eigenvalue weighted by Gasteiger charge is 2.34. The number of carbonyl (C=O) groups is 1. The molecule has 1 amide bonds. The smallest absolute Gasteiger partial charge is 0.223 e. The van der Waals surface area contributed by atoms with Gasteiger partial charge in [0.1, 0.15) is 29.7 Å². The molecule has 0 aliphatic carbocycles. The number of benzene rings is 3. The lowest BCUT2D eigenvalue weighted by Gasteiger charge is -2.17. The summed E-state index contributed by atoms with van der Waals surface area (Å²) in [6.07, 6.45) is 0.404. The van der Waals surface area contributed by atoms with E-state index in [9.17, 15) is 9.18 Å². The Bertz CT molecular complexity index is 1300. The van der Waals surface area contributed by atoms with Crippen molar-refractivity contribution in [1.29, 1.82) is 0 Å². The maximum Gasteiger partial charge on any atom is 0.223 e. The molecule has 1 atom stereocenters. The molecule has 5 rings (SSSR count). The molecule has 1 aliphatic rings. The zero-order valence-corrected chi connectivity index (χ0v) is 19.0. The van der Waals surface area contributed by atoms with Gasteiger partial charge in [-0.25, -0.2) is 9.37 Å². The molecule has 3 aromatic carbocycles. The normalized spacial score (nSPS) is 15.8. The number of rotatable bonds is 8. The largest absolute Gasteiger partial charge is 0.497 e. The number of halogens is 1. The predicted molar refractivity (Wildman–Crippen MR) is 127 cm³/mol. The van der Waals surface area contributed by atoms with Crippen LogP contribution in [0.15, 0.2) is 72.8 Å². The average molecular weight is 460 g/mol. The van der Waals surface area contributed by atoms with Crippen molar-refractivity contribution in [3.05, 3.63) is 90.0 Å². The molecule has 1 aliphatic heterocycles. The Labute approximate surface area is 197 Å². The molecular formula is C27H26FN3O3. The highest BCUT2D eigenvalue weighted by atomic mass is 19.1. The van der Waals surface area contributed by atoms with Gasteiger partial charge < -0.3 is 18.9 Å². The van der Waals surface area contributed by atoms with Gasteiger partial charge in [-0.3, -0.25) is 4.79 Å². The van der Waals surface area contributed by atoms with Gasteiger partial charge in [0, 0.05) is 31.5 Å². The van der Waals surface area contributed by atoms with Gasteiger partial charge in [0.05, 0.1) is 24.7 Å². The highest BCUT2D eigenvalue weighted by molar-refractivity contribution is 5.81. The van der Waals surface area contributed by atoms with Crippen molar-refractivity contribution < 1.29 is 18.7 Å². The summed E-state index contributed by atoms with van der Waals surface area (Å²) < 4.78 is 26.7. The Kier molecular flexibility index (Phi) is 6.16. The third kappa shape index (κ3) is 4.59. The van der Waals surface area contributed by atoms with Crippen molar-refractivity contribution in [3.8, 4) is 11.5 Å². The molecule has 0 radical (unpaired) electrons. The molecule has 1 aromatic heterocycles. The van der Waals surface area contributed by atoms with Crippen LogP contribution in [0.4, 0.5) is 4.39 Å². The van der Waals surface area contributed by atoms with E-state index in [1.807, 2.05) is 53.4 Å².